The van der Waals surface area contributed by atoms with E-state index in [0.29, 0.717) is 11.3 Å². The van der Waals surface area contributed by atoms with Crippen LogP contribution in [0.1, 0.15) is 10.4 Å². The summed E-state index contributed by atoms with van der Waals surface area (Å²) in [6.45, 7) is 0. The molecule has 22 heavy (non-hydrogen) atoms. The molecule has 0 aliphatic heterocycles. The quantitative estimate of drug-likeness (QED) is 0.615. The molecule has 0 saturated carbocycles. The van der Waals surface area contributed by atoms with Gasteiger partial charge in [0.1, 0.15) is 0 Å². The van der Waals surface area contributed by atoms with Crippen LogP contribution in [0.4, 0.5) is 11.6 Å². The van der Waals surface area contributed by atoms with Gasteiger partial charge in [-0.1, -0.05) is 0 Å². The van der Waals surface area contributed by atoms with Crippen LogP contribution >= 0.6 is 35.0 Å². The number of carbonyl (C=O) groups is 1. The number of nitrogens with two attached hydrogens (primary N) is 1. The van der Waals surface area contributed by atoms with Gasteiger partial charge in [0.15, 0.2) is 0 Å². The van der Waals surface area contributed by atoms with Gasteiger partial charge in [0, 0.05) is 26.4 Å². The highest BCUT2D eigenvalue weighted by atomic mass is 127. The van der Waals surface area contributed by atoms with Crippen LogP contribution < -0.4 is 11.1 Å². The van der Waals surface area contributed by atoms with Crippen LogP contribution in [0.5, 0.6) is 0 Å². The number of benzene rings is 2. The summed E-state index contributed by atoms with van der Waals surface area (Å²) >= 11 is 2.20. The molecule has 1 amide bonds. The summed E-state index contributed by atoms with van der Waals surface area (Å²) in [5.41, 5.74) is 7.59. The van der Waals surface area contributed by atoms with Crippen molar-refractivity contribution in [1.29, 1.82) is 0 Å². The van der Waals surface area contributed by atoms with E-state index in [1.54, 1.807) is 30.5 Å². The van der Waals surface area contributed by atoms with Crippen LogP contribution in [0.3, 0.4) is 0 Å². The highest BCUT2D eigenvalue weighted by Crippen LogP contribution is 2.18. The first-order valence-corrected chi connectivity index (χ1v) is 7.29. The minimum absolute atomic E-state index is 0. The molecule has 0 bridgehead atoms. The zero-order valence-electron chi connectivity index (χ0n) is 11.3. The Bertz CT molecular complexity index is 823. The molecule has 0 spiro atoms. The molecule has 1 aromatic heterocycles. The Hall–Kier alpha value is -1.93. The fraction of sp³-hybridized carbons (Fsp3) is 0. The molecule has 0 aliphatic rings. The fourth-order valence-electron chi connectivity index (χ4n) is 1.93. The lowest BCUT2D eigenvalue weighted by Crippen LogP contribution is -2.11. The minimum atomic E-state index is -0.151. The maximum atomic E-state index is 12.2. The Kier molecular flexibility index (Phi) is 5.15. The number of hydrogen-bond donors (Lipinski definition) is 2. The Morgan fingerprint density at radius 3 is 2.59 bits per heavy atom. The molecule has 5 nitrogen and oxygen atoms in total. The first-order valence-electron chi connectivity index (χ1n) is 6.21. The number of nitrogens with one attached hydrogen (secondary N) is 1. The molecule has 7 heteroatoms. The van der Waals surface area contributed by atoms with E-state index in [0.717, 1.165) is 14.5 Å². The normalized spacial score (nSPS) is 10.0. The summed E-state index contributed by atoms with van der Waals surface area (Å²) in [7, 11) is 0. The van der Waals surface area contributed by atoms with Crippen molar-refractivity contribution in [2.45, 2.75) is 0 Å². The van der Waals surface area contributed by atoms with Gasteiger partial charge in [0.2, 0.25) is 5.95 Å². The number of carbonyl (C=O) groups excluding carboxylic acids is 1. The number of hydrogen-bond acceptors (Lipinski definition) is 4. The van der Waals surface area contributed by atoms with Crippen molar-refractivity contribution >= 4 is 63.4 Å². The molecule has 1 heterocycles. The Labute approximate surface area is 146 Å². The summed E-state index contributed by atoms with van der Waals surface area (Å²) in [6, 6.07) is 12.8. The molecule has 3 aromatic rings. The topological polar surface area (TPSA) is 80.9 Å². The SMILES string of the molecule is Cl.Nc1ncc2cc(NC(=O)c3ccc(I)cc3)ccc2n1. The molecule has 0 aliphatic carbocycles. The second-order valence-electron chi connectivity index (χ2n) is 4.46. The molecule has 0 fully saturated rings. The van der Waals surface area contributed by atoms with Gasteiger partial charge >= 0.3 is 0 Å². The van der Waals surface area contributed by atoms with Gasteiger partial charge in [-0.05, 0) is 65.1 Å². The average molecular weight is 427 g/mol. The van der Waals surface area contributed by atoms with Crippen molar-refractivity contribution in [2.75, 3.05) is 11.1 Å². The number of halogens is 2. The van der Waals surface area contributed by atoms with E-state index >= 15 is 0 Å². The molecular formula is C15H12ClIN4O. The molecule has 112 valence electrons. The number of aromatic nitrogens is 2. The number of anilines is 2. The first kappa shape index (κ1) is 16.4. The highest BCUT2D eigenvalue weighted by Gasteiger charge is 2.06. The van der Waals surface area contributed by atoms with Crippen LogP contribution in [0.25, 0.3) is 10.9 Å². The van der Waals surface area contributed by atoms with Crippen LogP contribution in [-0.2, 0) is 0 Å². The standard InChI is InChI=1S/C15H11IN4O.ClH/c16-11-3-1-9(2-4-11)14(21)19-12-5-6-13-10(7-12)8-18-15(17)20-13;/h1-8H,(H,19,21)(H2,17,18,20);1H. The van der Waals surface area contributed by atoms with Crippen molar-refractivity contribution in [2.24, 2.45) is 0 Å². The third-order valence-electron chi connectivity index (χ3n) is 2.96. The zero-order chi connectivity index (χ0) is 14.8. The second-order valence-corrected chi connectivity index (χ2v) is 5.71. The summed E-state index contributed by atoms with van der Waals surface area (Å²) in [4.78, 5) is 20.2. The maximum absolute atomic E-state index is 12.2. The fourth-order valence-corrected chi connectivity index (χ4v) is 2.29. The van der Waals surface area contributed by atoms with E-state index in [-0.39, 0.29) is 24.3 Å². The van der Waals surface area contributed by atoms with Crippen molar-refractivity contribution < 1.29 is 4.79 Å². The third kappa shape index (κ3) is 3.63. The molecule has 0 atom stereocenters. The lowest BCUT2D eigenvalue weighted by atomic mass is 10.2. The van der Waals surface area contributed by atoms with Crippen molar-refractivity contribution in [3.05, 3.63) is 57.8 Å². The number of rotatable bonds is 2. The van der Waals surface area contributed by atoms with Crippen molar-refractivity contribution in [3.63, 3.8) is 0 Å². The lowest BCUT2D eigenvalue weighted by molar-refractivity contribution is 0.102. The van der Waals surface area contributed by atoms with E-state index in [1.807, 2.05) is 18.2 Å². The average Bonchev–Trinajstić information content (AvgIpc) is 2.48. The molecule has 0 saturated heterocycles. The van der Waals surface area contributed by atoms with Gasteiger partial charge in [-0.25, -0.2) is 9.97 Å². The van der Waals surface area contributed by atoms with E-state index in [9.17, 15) is 4.79 Å². The summed E-state index contributed by atoms with van der Waals surface area (Å²) < 4.78 is 1.09. The van der Waals surface area contributed by atoms with Gasteiger partial charge in [-0.2, -0.15) is 0 Å². The maximum Gasteiger partial charge on any atom is 0.255 e. The van der Waals surface area contributed by atoms with Gasteiger partial charge in [0.25, 0.3) is 5.91 Å². The van der Waals surface area contributed by atoms with Gasteiger partial charge in [-0.3, -0.25) is 4.79 Å². The predicted octanol–water partition coefficient (Wildman–Crippen LogP) is 3.49. The summed E-state index contributed by atoms with van der Waals surface area (Å²) in [6.07, 6.45) is 1.64. The smallest absolute Gasteiger partial charge is 0.255 e. The molecule has 3 rings (SSSR count). The molecule has 2 aromatic carbocycles. The molecule has 0 radical (unpaired) electrons. The molecular weight excluding hydrogens is 415 g/mol. The van der Waals surface area contributed by atoms with Crippen molar-refractivity contribution in [3.8, 4) is 0 Å². The second kappa shape index (κ2) is 6.89. The summed E-state index contributed by atoms with van der Waals surface area (Å²) in [5, 5.41) is 3.68. The van der Waals surface area contributed by atoms with Crippen LogP contribution in [0.15, 0.2) is 48.7 Å². The van der Waals surface area contributed by atoms with E-state index in [4.69, 9.17) is 5.73 Å². The Morgan fingerprint density at radius 2 is 1.86 bits per heavy atom. The first-order chi connectivity index (χ1) is 10.1. The lowest BCUT2D eigenvalue weighted by Gasteiger charge is -2.06. The van der Waals surface area contributed by atoms with E-state index < -0.39 is 0 Å². The van der Waals surface area contributed by atoms with Gasteiger partial charge in [-0.15, -0.1) is 12.4 Å². The van der Waals surface area contributed by atoms with Crippen LogP contribution in [0, 0.1) is 3.57 Å². The number of amides is 1. The Morgan fingerprint density at radius 1 is 1.14 bits per heavy atom. The zero-order valence-corrected chi connectivity index (χ0v) is 14.3. The predicted molar refractivity (Wildman–Crippen MR) is 98.3 cm³/mol. The van der Waals surface area contributed by atoms with E-state index in [2.05, 4.69) is 37.9 Å². The van der Waals surface area contributed by atoms with Crippen LogP contribution in [-0.4, -0.2) is 15.9 Å². The minimum Gasteiger partial charge on any atom is -0.368 e. The van der Waals surface area contributed by atoms with Crippen molar-refractivity contribution in [1.82, 2.24) is 9.97 Å². The molecule has 0 unspecified atom stereocenters. The van der Waals surface area contributed by atoms with E-state index in [1.165, 1.54) is 0 Å². The Balaban J connectivity index is 0.00000176. The monoisotopic (exact) mass is 426 g/mol. The number of nitrogens with zero attached hydrogens (tertiary/aromatic N) is 2. The largest absolute Gasteiger partial charge is 0.368 e. The van der Waals surface area contributed by atoms with Gasteiger partial charge in [0.05, 0.1) is 5.52 Å². The highest BCUT2D eigenvalue weighted by molar-refractivity contribution is 14.1. The number of nitrogen functional groups attached to an aromatic ring is 1. The number of fused-ring (bicyclic) bond motifs is 1. The summed E-state index contributed by atoms with van der Waals surface area (Å²) in [5.74, 6) is 0.0836. The third-order valence-corrected chi connectivity index (χ3v) is 3.68. The van der Waals surface area contributed by atoms with Crippen LogP contribution in [0.2, 0.25) is 0 Å². The van der Waals surface area contributed by atoms with Gasteiger partial charge < -0.3 is 11.1 Å². The molecule has 3 N–H and O–H groups in total.